The minimum absolute atomic E-state index is 0.0496. The van der Waals surface area contributed by atoms with Crippen LogP contribution in [-0.4, -0.2) is 35.8 Å². The predicted octanol–water partition coefficient (Wildman–Crippen LogP) is 3.36. The Kier molecular flexibility index (Phi) is 8.51. The van der Waals surface area contributed by atoms with Gasteiger partial charge in [0.25, 0.3) is 0 Å². The summed E-state index contributed by atoms with van der Waals surface area (Å²) in [6.07, 6.45) is 7.64. The van der Waals surface area contributed by atoms with Crippen LogP contribution in [0.4, 0.5) is 0 Å². The molecule has 0 radical (unpaired) electrons. The van der Waals surface area contributed by atoms with E-state index in [1.165, 1.54) is 25.7 Å². The van der Waals surface area contributed by atoms with Crippen molar-refractivity contribution in [1.82, 2.24) is 10.2 Å². The van der Waals surface area contributed by atoms with Gasteiger partial charge < -0.3 is 10.2 Å². The van der Waals surface area contributed by atoms with Crippen LogP contribution in [0.5, 0.6) is 0 Å². The number of likely N-dealkylation sites (tertiary alicyclic amines) is 1. The lowest BCUT2D eigenvalue weighted by atomic mass is 9.94. The molecule has 0 aromatic heterocycles. The molecule has 1 aliphatic heterocycles. The van der Waals surface area contributed by atoms with Gasteiger partial charge in [0.2, 0.25) is 11.8 Å². The zero-order valence-electron chi connectivity index (χ0n) is 14.9. The second kappa shape index (κ2) is 9.86. The number of hydrogen-bond acceptors (Lipinski definition) is 2. The Balaban J connectivity index is 2.26. The highest BCUT2D eigenvalue weighted by molar-refractivity contribution is 5.80. The Morgan fingerprint density at radius 1 is 1.09 bits per heavy atom. The number of nitrogens with zero attached hydrogens (tertiary/aromatic N) is 1. The number of carbonyl (C=O) groups is 2. The molecule has 1 N–H and O–H groups in total. The van der Waals surface area contributed by atoms with E-state index in [2.05, 4.69) is 19.2 Å². The number of hydrogen-bond donors (Lipinski definition) is 1. The molecule has 1 unspecified atom stereocenters. The minimum Gasteiger partial charge on any atom is -0.353 e. The zero-order chi connectivity index (χ0) is 16.5. The van der Waals surface area contributed by atoms with E-state index in [1.54, 1.807) is 0 Å². The van der Waals surface area contributed by atoms with Gasteiger partial charge in [0, 0.05) is 31.0 Å². The van der Waals surface area contributed by atoms with Crippen LogP contribution in [-0.2, 0) is 9.59 Å². The van der Waals surface area contributed by atoms with Gasteiger partial charge in [-0.05, 0) is 26.2 Å². The summed E-state index contributed by atoms with van der Waals surface area (Å²) >= 11 is 0. The van der Waals surface area contributed by atoms with Crippen molar-refractivity contribution in [3.63, 3.8) is 0 Å². The topological polar surface area (TPSA) is 49.4 Å². The Hall–Kier alpha value is -1.06. The lowest BCUT2D eigenvalue weighted by molar-refractivity contribution is -0.138. The first-order valence-electron chi connectivity index (χ1n) is 9.04. The van der Waals surface area contributed by atoms with E-state index in [0.717, 1.165) is 32.4 Å². The monoisotopic (exact) mass is 310 g/mol. The van der Waals surface area contributed by atoms with Crippen molar-refractivity contribution in [3.8, 4) is 0 Å². The summed E-state index contributed by atoms with van der Waals surface area (Å²) in [5, 5.41) is 3.15. The Morgan fingerprint density at radius 3 is 2.27 bits per heavy atom. The summed E-state index contributed by atoms with van der Waals surface area (Å²) in [5.41, 5.74) is 0. The van der Waals surface area contributed by atoms with E-state index in [1.807, 2.05) is 18.7 Å². The number of carbonyl (C=O) groups excluding carboxylic acids is 2. The summed E-state index contributed by atoms with van der Waals surface area (Å²) in [5.74, 6) is 0.519. The lowest BCUT2D eigenvalue weighted by Crippen LogP contribution is -2.45. The fraction of sp³-hybridized carbons (Fsp3) is 0.889. The van der Waals surface area contributed by atoms with Crippen molar-refractivity contribution in [1.29, 1.82) is 0 Å². The highest BCUT2D eigenvalue weighted by Gasteiger charge is 2.28. The second-order valence-corrected chi connectivity index (χ2v) is 7.01. The molecular weight excluding hydrogens is 276 g/mol. The van der Waals surface area contributed by atoms with Crippen LogP contribution < -0.4 is 5.32 Å². The third-order valence-corrected chi connectivity index (χ3v) is 4.55. The van der Waals surface area contributed by atoms with Crippen molar-refractivity contribution in [2.45, 2.75) is 78.7 Å². The van der Waals surface area contributed by atoms with Crippen LogP contribution in [0.1, 0.15) is 72.6 Å². The van der Waals surface area contributed by atoms with Gasteiger partial charge in [0.05, 0.1) is 0 Å². The minimum atomic E-state index is 0.0496. The molecular formula is C18H34N2O2. The molecule has 0 saturated carbocycles. The van der Waals surface area contributed by atoms with Gasteiger partial charge in [0.15, 0.2) is 0 Å². The van der Waals surface area contributed by atoms with E-state index in [-0.39, 0.29) is 29.7 Å². The number of unbranched alkanes of at least 4 members (excludes halogenated alkanes) is 3. The zero-order valence-corrected chi connectivity index (χ0v) is 14.9. The molecule has 1 aliphatic rings. The Bertz CT molecular complexity index is 347. The highest BCUT2D eigenvalue weighted by Crippen LogP contribution is 2.19. The SMILES string of the molecule is CCCCCCC(C)NC(=O)C1CCN(C(=O)C(C)C)CC1. The van der Waals surface area contributed by atoms with E-state index in [9.17, 15) is 9.59 Å². The van der Waals surface area contributed by atoms with Gasteiger partial charge in [-0.3, -0.25) is 9.59 Å². The highest BCUT2D eigenvalue weighted by atomic mass is 16.2. The third kappa shape index (κ3) is 6.37. The van der Waals surface area contributed by atoms with E-state index in [4.69, 9.17) is 0 Å². The maximum Gasteiger partial charge on any atom is 0.225 e. The standard InChI is InChI=1S/C18H34N2O2/c1-5-6-7-8-9-15(4)19-17(21)16-10-12-20(13-11-16)18(22)14(2)3/h14-16H,5-13H2,1-4H3,(H,19,21). The van der Waals surface area contributed by atoms with Gasteiger partial charge in [-0.1, -0.05) is 46.5 Å². The molecule has 0 aliphatic carbocycles. The number of nitrogens with one attached hydrogen (secondary N) is 1. The first-order chi connectivity index (χ1) is 10.5. The molecule has 1 fully saturated rings. The number of amides is 2. The van der Waals surface area contributed by atoms with Gasteiger partial charge >= 0.3 is 0 Å². The van der Waals surface area contributed by atoms with Gasteiger partial charge in [-0.25, -0.2) is 0 Å². The third-order valence-electron chi connectivity index (χ3n) is 4.55. The van der Waals surface area contributed by atoms with Crippen LogP contribution in [0.2, 0.25) is 0 Å². The molecule has 0 spiro atoms. The van der Waals surface area contributed by atoms with Crippen LogP contribution in [0.3, 0.4) is 0 Å². The molecule has 4 nitrogen and oxygen atoms in total. The molecule has 0 aromatic rings. The van der Waals surface area contributed by atoms with Gasteiger partial charge in [0.1, 0.15) is 0 Å². The lowest BCUT2D eigenvalue weighted by Gasteiger charge is -2.33. The fourth-order valence-electron chi connectivity index (χ4n) is 3.04. The molecule has 128 valence electrons. The van der Waals surface area contributed by atoms with Crippen molar-refractivity contribution in [3.05, 3.63) is 0 Å². The maximum atomic E-state index is 12.3. The van der Waals surface area contributed by atoms with Crippen molar-refractivity contribution in [2.24, 2.45) is 11.8 Å². The molecule has 4 heteroatoms. The summed E-state index contributed by atoms with van der Waals surface area (Å²) in [6, 6.07) is 0.264. The molecule has 1 saturated heterocycles. The summed E-state index contributed by atoms with van der Waals surface area (Å²) in [7, 11) is 0. The summed E-state index contributed by atoms with van der Waals surface area (Å²) in [4.78, 5) is 26.1. The van der Waals surface area contributed by atoms with Crippen LogP contribution >= 0.6 is 0 Å². The quantitative estimate of drug-likeness (QED) is 0.699. The number of piperidine rings is 1. The predicted molar refractivity (Wildman–Crippen MR) is 90.5 cm³/mol. The second-order valence-electron chi connectivity index (χ2n) is 7.01. The summed E-state index contributed by atoms with van der Waals surface area (Å²) in [6.45, 7) is 9.62. The molecule has 0 bridgehead atoms. The van der Waals surface area contributed by atoms with Crippen molar-refractivity contribution in [2.75, 3.05) is 13.1 Å². The first kappa shape index (κ1) is 19.0. The Labute approximate surface area is 136 Å². The molecule has 2 amide bonds. The average Bonchev–Trinajstić information content (AvgIpc) is 2.50. The molecule has 1 atom stereocenters. The first-order valence-corrected chi connectivity index (χ1v) is 9.04. The molecule has 22 heavy (non-hydrogen) atoms. The molecule has 0 aromatic carbocycles. The smallest absolute Gasteiger partial charge is 0.225 e. The maximum absolute atomic E-state index is 12.3. The van der Waals surface area contributed by atoms with Crippen molar-refractivity contribution >= 4 is 11.8 Å². The fourth-order valence-corrected chi connectivity index (χ4v) is 3.04. The van der Waals surface area contributed by atoms with E-state index >= 15 is 0 Å². The van der Waals surface area contributed by atoms with E-state index < -0.39 is 0 Å². The summed E-state index contributed by atoms with van der Waals surface area (Å²) < 4.78 is 0. The normalized spacial score (nSPS) is 17.6. The average molecular weight is 310 g/mol. The number of rotatable bonds is 8. The largest absolute Gasteiger partial charge is 0.353 e. The van der Waals surface area contributed by atoms with Crippen LogP contribution in [0, 0.1) is 11.8 Å². The van der Waals surface area contributed by atoms with Crippen molar-refractivity contribution < 1.29 is 9.59 Å². The Morgan fingerprint density at radius 2 is 1.73 bits per heavy atom. The van der Waals surface area contributed by atoms with Crippen LogP contribution in [0.25, 0.3) is 0 Å². The van der Waals surface area contributed by atoms with Gasteiger partial charge in [-0.2, -0.15) is 0 Å². The van der Waals surface area contributed by atoms with Gasteiger partial charge in [-0.15, -0.1) is 0 Å². The van der Waals surface area contributed by atoms with Crippen LogP contribution in [0.15, 0.2) is 0 Å². The molecule has 1 rings (SSSR count). The molecule has 1 heterocycles. The van der Waals surface area contributed by atoms with E-state index in [0.29, 0.717) is 0 Å².